The van der Waals surface area contributed by atoms with Gasteiger partial charge in [0.1, 0.15) is 5.76 Å². The molecule has 0 aliphatic rings. The molecule has 0 aromatic rings. The van der Waals surface area contributed by atoms with Crippen LogP contribution in [0.5, 0.6) is 0 Å². The zero-order valence-corrected chi connectivity index (χ0v) is 7.77. The maximum Gasteiger partial charge on any atom is 0.103 e. The van der Waals surface area contributed by atoms with Gasteiger partial charge in [0.15, 0.2) is 0 Å². The molecule has 0 spiro atoms. The van der Waals surface area contributed by atoms with E-state index >= 15 is 0 Å². The van der Waals surface area contributed by atoms with Gasteiger partial charge in [-0.25, -0.2) is 0 Å². The Balaban J connectivity index is 0. The Labute approximate surface area is 70.2 Å². The lowest BCUT2D eigenvalue weighted by Gasteiger charge is -2.21. The first kappa shape index (κ1) is 10.1. The maximum atomic E-state index is 5.41. The lowest BCUT2D eigenvalue weighted by Crippen LogP contribution is -2.12. The minimum Gasteiger partial charge on any atom is -0.500 e. The Bertz CT molecular complexity index is 179. The van der Waals surface area contributed by atoms with Gasteiger partial charge in [-0.15, -0.1) is 0 Å². The Morgan fingerprint density at radius 2 is 2.00 bits per heavy atom. The van der Waals surface area contributed by atoms with Crippen LogP contribution in [0.2, 0.25) is 0 Å². The molecular formula is C9H19NO. The van der Waals surface area contributed by atoms with E-state index in [1.165, 1.54) is 0 Å². The van der Waals surface area contributed by atoms with E-state index in [-0.39, 0.29) is 6.84 Å². The van der Waals surface area contributed by atoms with E-state index in [2.05, 4.69) is 27.4 Å². The summed E-state index contributed by atoms with van der Waals surface area (Å²) >= 11 is 0. The number of rotatable bonds is 2. The topological polar surface area (TPSA) is 35.2 Å². The smallest absolute Gasteiger partial charge is 0.103 e. The molecule has 0 radical (unpaired) electrons. The lowest BCUT2D eigenvalue weighted by molar-refractivity contribution is 0.206. The molecule has 0 saturated carbocycles. The highest BCUT2D eigenvalue weighted by Gasteiger charge is 2.17. The monoisotopic (exact) mass is 157 g/mol. The van der Waals surface area contributed by atoms with Gasteiger partial charge < -0.3 is 10.5 Å². The van der Waals surface area contributed by atoms with Crippen LogP contribution >= 0.6 is 0 Å². The van der Waals surface area contributed by atoms with Gasteiger partial charge in [-0.1, -0.05) is 27.4 Å². The second-order valence-electron chi connectivity index (χ2n) is 3.54. The Morgan fingerprint density at radius 3 is 2.09 bits per heavy atom. The average molecular weight is 157 g/mol. The number of ether oxygens (including phenoxy) is 1. The zero-order chi connectivity index (χ0) is 9.07. The average Bonchev–Trinajstić information content (AvgIpc) is 1.79. The molecule has 0 atom stereocenters. The molecule has 0 bridgehead atoms. The van der Waals surface area contributed by atoms with Crippen molar-refractivity contribution in [3.05, 3.63) is 24.1 Å². The summed E-state index contributed by atoms with van der Waals surface area (Å²) in [6.07, 6.45) is 1.75. The third-order valence-corrected chi connectivity index (χ3v) is 1.28. The highest BCUT2D eigenvalue weighted by Crippen LogP contribution is 2.25. The summed E-state index contributed by atoms with van der Waals surface area (Å²) in [4.78, 5) is 0. The molecule has 0 aromatic heterocycles. The van der Waals surface area contributed by atoms with Crippen LogP contribution in [-0.2, 0) is 4.74 Å². The van der Waals surface area contributed by atoms with E-state index in [9.17, 15) is 0 Å². The summed E-state index contributed by atoms with van der Waals surface area (Å²) in [5, 5.41) is 0. The Hall–Kier alpha value is -0.920. The van der Waals surface area contributed by atoms with Crippen LogP contribution < -0.4 is 5.73 Å². The normalized spacial score (nSPS) is 12.9. The Kier molecular flexibility index (Phi) is 3.18. The maximum absolute atomic E-state index is 5.41. The van der Waals surface area contributed by atoms with Crippen LogP contribution in [0.15, 0.2) is 24.1 Å². The largest absolute Gasteiger partial charge is 0.500 e. The van der Waals surface area contributed by atoms with Crippen LogP contribution in [0.4, 0.5) is 0 Å². The summed E-state index contributed by atoms with van der Waals surface area (Å²) in [5.74, 6) is 0.852. The Morgan fingerprint density at radius 1 is 1.55 bits per heavy atom. The number of nitrogens with two attached hydrogens (primary N) is 1. The second kappa shape index (κ2) is 3.46. The summed E-state index contributed by atoms with van der Waals surface area (Å²) < 4.78 is 5.15. The van der Waals surface area contributed by atoms with E-state index in [1.807, 2.05) is 0 Å². The molecule has 0 aliphatic heterocycles. The first-order valence-electron chi connectivity index (χ1n) is 3.58. The van der Waals surface area contributed by atoms with Gasteiger partial charge in [0.05, 0.1) is 7.11 Å². The van der Waals surface area contributed by atoms with Crippen LogP contribution in [0.25, 0.3) is 0 Å². The highest BCUT2D eigenvalue weighted by atomic mass is 16.5. The molecule has 2 N–H and O–H groups in total. The molecule has 2 nitrogen and oxygen atoms in total. The third-order valence-electron chi connectivity index (χ3n) is 1.28. The van der Waals surface area contributed by atoms with Crippen molar-refractivity contribution in [1.29, 1.82) is 0 Å². The van der Waals surface area contributed by atoms with Gasteiger partial charge in [-0.2, -0.15) is 0 Å². The van der Waals surface area contributed by atoms with Crippen molar-refractivity contribution in [1.82, 2.24) is 0 Å². The van der Waals surface area contributed by atoms with Crippen molar-refractivity contribution in [2.45, 2.75) is 20.8 Å². The summed E-state index contributed by atoms with van der Waals surface area (Å²) in [7, 11) is 1.64. The minimum absolute atomic E-state index is 0. The van der Waals surface area contributed by atoms with Gasteiger partial charge >= 0.3 is 0 Å². The number of hydrogen-bond acceptors (Lipinski definition) is 2. The fourth-order valence-corrected chi connectivity index (χ4v) is 0.750. The van der Waals surface area contributed by atoms with Gasteiger partial charge in [0.25, 0.3) is 0 Å². The standard InChI is InChI=1S/C9H17NO.H2/c1-7(10)6-8(11-5)9(2,3)4;/h6H,1,10H2,2-5H3;1H/b8-6-;. The molecule has 0 saturated heterocycles. The fourth-order valence-electron chi connectivity index (χ4n) is 0.750. The predicted octanol–water partition coefficient (Wildman–Crippen LogP) is 2.28. The van der Waals surface area contributed by atoms with E-state index in [0.29, 0.717) is 5.70 Å². The van der Waals surface area contributed by atoms with Crippen molar-refractivity contribution in [2.75, 3.05) is 7.11 Å². The van der Waals surface area contributed by atoms with E-state index < -0.39 is 0 Å². The molecule has 0 rings (SSSR count). The molecule has 66 valence electrons. The molecule has 0 amide bonds. The molecule has 11 heavy (non-hydrogen) atoms. The van der Waals surface area contributed by atoms with Crippen molar-refractivity contribution in [3.8, 4) is 0 Å². The molecule has 2 heteroatoms. The van der Waals surface area contributed by atoms with Crippen molar-refractivity contribution in [3.63, 3.8) is 0 Å². The van der Waals surface area contributed by atoms with Gasteiger partial charge in [-0.05, 0) is 6.08 Å². The molecule has 0 fully saturated rings. The van der Waals surface area contributed by atoms with Crippen LogP contribution in [0.1, 0.15) is 22.2 Å². The van der Waals surface area contributed by atoms with Crippen LogP contribution in [0.3, 0.4) is 0 Å². The van der Waals surface area contributed by atoms with Crippen LogP contribution in [0, 0.1) is 5.41 Å². The second-order valence-corrected chi connectivity index (χ2v) is 3.54. The molecule has 0 heterocycles. The number of methoxy groups -OCH3 is 1. The van der Waals surface area contributed by atoms with E-state index in [1.54, 1.807) is 13.2 Å². The third kappa shape index (κ3) is 3.71. The van der Waals surface area contributed by atoms with E-state index in [0.717, 1.165) is 5.76 Å². The lowest BCUT2D eigenvalue weighted by atomic mass is 9.93. The quantitative estimate of drug-likeness (QED) is 0.493. The summed E-state index contributed by atoms with van der Waals surface area (Å²) in [5.41, 5.74) is 5.94. The molecule has 0 aromatic carbocycles. The predicted molar refractivity (Wildman–Crippen MR) is 50.0 cm³/mol. The molecule has 0 aliphatic carbocycles. The zero-order valence-electron chi connectivity index (χ0n) is 7.77. The summed E-state index contributed by atoms with van der Waals surface area (Å²) in [6.45, 7) is 9.76. The molecular weight excluding hydrogens is 138 g/mol. The fraction of sp³-hybridized carbons (Fsp3) is 0.556. The van der Waals surface area contributed by atoms with Crippen molar-refractivity contribution < 1.29 is 6.16 Å². The van der Waals surface area contributed by atoms with Crippen molar-refractivity contribution in [2.24, 2.45) is 11.1 Å². The first-order chi connectivity index (χ1) is 4.88. The molecule has 0 unspecified atom stereocenters. The van der Waals surface area contributed by atoms with Gasteiger partial charge in [0.2, 0.25) is 0 Å². The van der Waals surface area contributed by atoms with Gasteiger partial charge in [-0.3, -0.25) is 0 Å². The SMILES string of the molecule is C=C(N)/C=C(\OC)C(C)(C)C.[HH]. The number of hydrogen-bond donors (Lipinski definition) is 1. The first-order valence-corrected chi connectivity index (χ1v) is 3.58. The minimum atomic E-state index is -0.00292. The van der Waals surface area contributed by atoms with Crippen LogP contribution in [-0.4, -0.2) is 7.11 Å². The van der Waals surface area contributed by atoms with E-state index in [4.69, 9.17) is 10.5 Å². The number of allylic oxidation sites excluding steroid dienone is 2. The summed E-state index contributed by atoms with van der Waals surface area (Å²) in [6, 6.07) is 0. The van der Waals surface area contributed by atoms with Crippen molar-refractivity contribution >= 4 is 0 Å². The van der Waals surface area contributed by atoms with Gasteiger partial charge in [0, 0.05) is 12.5 Å². The highest BCUT2D eigenvalue weighted by molar-refractivity contribution is 5.17.